The number of rotatable bonds is 4. The molecule has 0 aliphatic carbocycles. The van der Waals surface area contributed by atoms with Crippen molar-refractivity contribution >= 4 is 28.2 Å². The summed E-state index contributed by atoms with van der Waals surface area (Å²) in [4.78, 5) is 18.3. The lowest BCUT2D eigenvalue weighted by Crippen LogP contribution is -2.49. The Labute approximate surface area is 161 Å². The van der Waals surface area contributed by atoms with Gasteiger partial charge in [-0.05, 0) is 24.3 Å². The summed E-state index contributed by atoms with van der Waals surface area (Å²) in [6.45, 7) is 1.60. The van der Waals surface area contributed by atoms with E-state index in [4.69, 9.17) is 0 Å². The van der Waals surface area contributed by atoms with Gasteiger partial charge in [0.1, 0.15) is 11.9 Å². The van der Waals surface area contributed by atoms with Crippen LogP contribution >= 0.6 is 12.4 Å². The first-order chi connectivity index (χ1) is 12.3. The van der Waals surface area contributed by atoms with Crippen LogP contribution in [0.2, 0.25) is 0 Å². The van der Waals surface area contributed by atoms with Gasteiger partial charge in [-0.2, -0.15) is 8.78 Å². The van der Waals surface area contributed by atoms with Crippen molar-refractivity contribution < 1.29 is 22.0 Å². The third-order valence-electron chi connectivity index (χ3n) is 4.33. The molecule has 1 saturated heterocycles. The number of piperazine rings is 1. The molecule has 7 nitrogen and oxygen atoms in total. The number of imidazole rings is 1. The van der Waals surface area contributed by atoms with Crippen LogP contribution in [0.3, 0.4) is 0 Å². The lowest BCUT2D eigenvalue weighted by Gasteiger charge is -2.35. The average molecular weight is 421 g/mol. The number of hydrogen-bond donors (Lipinski definition) is 1. The topological polar surface area (TPSA) is 84.3 Å². The Kier molecular flexibility index (Phi) is 6.55. The van der Waals surface area contributed by atoms with Gasteiger partial charge in [-0.25, -0.2) is 13.4 Å². The lowest BCUT2D eigenvalue weighted by molar-refractivity contribution is 0.0621. The fraction of sp³-hybridized carbons (Fsp3) is 0.375. The monoisotopic (exact) mass is 420 g/mol. The molecule has 0 radical (unpaired) electrons. The third-order valence-corrected chi connectivity index (χ3v) is 5.72. The van der Waals surface area contributed by atoms with Crippen molar-refractivity contribution in [2.24, 2.45) is 7.05 Å². The highest BCUT2D eigenvalue weighted by Crippen LogP contribution is 2.24. The SMILES string of the molecule is Cl.Cn1ccnc1C1CNCCN1C(=O)c1ccc(S(=O)(=O)C(F)F)cc1. The normalized spacial score (nSPS) is 17.6. The van der Waals surface area contributed by atoms with Crippen molar-refractivity contribution in [1.82, 2.24) is 19.8 Å². The van der Waals surface area contributed by atoms with Crippen molar-refractivity contribution in [3.05, 3.63) is 48.0 Å². The Morgan fingerprint density at radius 1 is 1.30 bits per heavy atom. The van der Waals surface area contributed by atoms with Gasteiger partial charge in [0.2, 0.25) is 9.84 Å². The van der Waals surface area contributed by atoms with Gasteiger partial charge in [0.05, 0.1) is 4.90 Å². The average Bonchev–Trinajstić information content (AvgIpc) is 3.07. The van der Waals surface area contributed by atoms with E-state index in [0.29, 0.717) is 19.6 Å². The van der Waals surface area contributed by atoms with E-state index in [-0.39, 0.29) is 29.9 Å². The summed E-state index contributed by atoms with van der Waals surface area (Å²) >= 11 is 0. The number of hydrogen-bond acceptors (Lipinski definition) is 5. The minimum absolute atomic E-state index is 0. The van der Waals surface area contributed by atoms with Crippen LogP contribution in [0.5, 0.6) is 0 Å². The van der Waals surface area contributed by atoms with Crippen LogP contribution in [-0.2, 0) is 16.9 Å². The van der Waals surface area contributed by atoms with Crippen molar-refractivity contribution in [3.8, 4) is 0 Å². The maximum Gasteiger partial charge on any atom is 0.341 e. The number of sulfone groups is 1. The van der Waals surface area contributed by atoms with Crippen LogP contribution in [0.1, 0.15) is 22.2 Å². The summed E-state index contributed by atoms with van der Waals surface area (Å²) in [7, 11) is -2.84. The zero-order valence-corrected chi connectivity index (χ0v) is 16.0. The van der Waals surface area contributed by atoms with Crippen LogP contribution in [0.4, 0.5) is 8.78 Å². The maximum absolute atomic E-state index is 12.9. The molecule has 148 valence electrons. The minimum atomic E-state index is -4.68. The van der Waals surface area contributed by atoms with E-state index < -0.39 is 20.5 Å². The second kappa shape index (κ2) is 8.32. The number of aromatic nitrogens is 2. The van der Waals surface area contributed by atoms with Crippen molar-refractivity contribution in [3.63, 3.8) is 0 Å². The first kappa shape index (κ1) is 21.3. The van der Waals surface area contributed by atoms with Gasteiger partial charge in [0, 0.05) is 44.6 Å². The molecule has 0 spiro atoms. The van der Waals surface area contributed by atoms with Gasteiger partial charge in [0.15, 0.2) is 0 Å². The fourth-order valence-corrected chi connectivity index (χ4v) is 3.65. The van der Waals surface area contributed by atoms with Crippen LogP contribution < -0.4 is 5.32 Å². The van der Waals surface area contributed by atoms with E-state index in [1.807, 2.05) is 11.6 Å². The van der Waals surface area contributed by atoms with Gasteiger partial charge in [-0.3, -0.25) is 4.79 Å². The molecular weight excluding hydrogens is 402 g/mol. The summed E-state index contributed by atoms with van der Waals surface area (Å²) in [5, 5.41) is 3.22. The Bertz CT molecular complexity index is 903. The van der Waals surface area contributed by atoms with E-state index >= 15 is 0 Å². The molecule has 3 rings (SSSR count). The summed E-state index contributed by atoms with van der Waals surface area (Å²) in [6.07, 6.45) is 3.44. The maximum atomic E-state index is 12.9. The summed E-state index contributed by atoms with van der Waals surface area (Å²) in [6, 6.07) is 4.31. The number of nitrogens with one attached hydrogen (secondary N) is 1. The van der Waals surface area contributed by atoms with Crippen LogP contribution in [0.25, 0.3) is 0 Å². The number of nitrogens with zero attached hydrogens (tertiary/aromatic N) is 3. The highest BCUT2D eigenvalue weighted by Gasteiger charge is 2.32. The third kappa shape index (κ3) is 4.12. The fourth-order valence-electron chi connectivity index (χ4n) is 2.93. The molecule has 2 aromatic rings. The molecule has 1 atom stereocenters. The second-order valence-corrected chi connectivity index (χ2v) is 7.86. The summed E-state index contributed by atoms with van der Waals surface area (Å²) in [5.41, 5.74) is 0.235. The number of benzene rings is 1. The van der Waals surface area contributed by atoms with Gasteiger partial charge < -0.3 is 14.8 Å². The number of carbonyl (C=O) groups is 1. The van der Waals surface area contributed by atoms with E-state index in [1.54, 1.807) is 17.3 Å². The second-order valence-electron chi connectivity index (χ2n) is 5.94. The Morgan fingerprint density at radius 2 is 1.96 bits per heavy atom. The van der Waals surface area contributed by atoms with E-state index in [0.717, 1.165) is 18.0 Å². The van der Waals surface area contributed by atoms with Crippen LogP contribution in [0.15, 0.2) is 41.6 Å². The highest BCUT2D eigenvalue weighted by molar-refractivity contribution is 7.91. The molecule has 0 saturated carbocycles. The molecule has 1 aromatic carbocycles. The van der Waals surface area contributed by atoms with Crippen molar-refractivity contribution in [1.29, 1.82) is 0 Å². The molecule has 1 unspecified atom stereocenters. The standard InChI is InChI=1S/C16H18F2N4O3S.ClH/c1-21-8-7-20-14(21)13-10-19-6-9-22(13)15(23)11-2-4-12(5-3-11)26(24,25)16(17)18;/h2-5,7-8,13,16,19H,6,9-10H2,1H3;1H. The van der Waals surface area contributed by atoms with Gasteiger partial charge in [-0.15, -0.1) is 12.4 Å². The number of aryl methyl sites for hydroxylation is 1. The van der Waals surface area contributed by atoms with E-state index in [2.05, 4.69) is 10.3 Å². The predicted octanol–water partition coefficient (Wildman–Crippen LogP) is 1.62. The molecule has 1 aromatic heterocycles. The summed E-state index contributed by atoms with van der Waals surface area (Å²) in [5.74, 6) is -3.08. The molecule has 0 bridgehead atoms. The smallest absolute Gasteiger partial charge is 0.336 e. The summed E-state index contributed by atoms with van der Waals surface area (Å²) < 4.78 is 50.0. The van der Waals surface area contributed by atoms with E-state index in [1.165, 1.54) is 12.1 Å². The first-order valence-corrected chi connectivity index (χ1v) is 9.48. The van der Waals surface area contributed by atoms with Crippen molar-refractivity contribution in [2.75, 3.05) is 19.6 Å². The molecule has 1 amide bonds. The van der Waals surface area contributed by atoms with Crippen LogP contribution in [-0.4, -0.2) is 54.2 Å². The zero-order chi connectivity index (χ0) is 18.9. The molecule has 11 heteroatoms. The molecule has 27 heavy (non-hydrogen) atoms. The molecule has 1 aliphatic rings. The van der Waals surface area contributed by atoms with Crippen LogP contribution in [0, 0.1) is 0 Å². The Balaban J connectivity index is 0.00000261. The number of halogens is 3. The largest absolute Gasteiger partial charge is 0.341 e. The predicted molar refractivity (Wildman–Crippen MR) is 96.7 cm³/mol. The number of amides is 1. The van der Waals surface area contributed by atoms with E-state index in [9.17, 15) is 22.0 Å². The number of carbonyl (C=O) groups excluding carboxylic acids is 1. The Morgan fingerprint density at radius 3 is 2.52 bits per heavy atom. The molecule has 1 N–H and O–H groups in total. The van der Waals surface area contributed by atoms with Gasteiger partial charge in [-0.1, -0.05) is 0 Å². The molecule has 2 heterocycles. The molecule has 1 fully saturated rings. The Hall–Kier alpha value is -2.04. The zero-order valence-electron chi connectivity index (χ0n) is 14.4. The molecule has 1 aliphatic heterocycles. The lowest BCUT2D eigenvalue weighted by atomic mass is 10.1. The quantitative estimate of drug-likeness (QED) is 0.812. The minimum Gasteiger partial charge on any atom is -0.336 e. The van der Waals surface area contributed by atoms with Gasteiger partial charge in [0.25, 0.3) is 5.91 Å². The highest BCUT2D eigenvalue weighted by atomic mass is 35.5. The first-order valence-electron chi connectivity index (χ1n) is 7.93. The van der Waals surface area contributed by atoms with Crippen molar-refractivity contribution in [2.45, 2.75) is 16.7 Å². The van der Waals surface area contributed by atoms with Gasteiger partial charge >= 0.3 is 5.76 Å². The molecular formula is C16H19ClF2N4O3S. The number of alkyl halides is 2.